The van der Waals surface area contributed by atoms with E-state index in [0.29, 0.717) is 0 Å². The standard InChI is InChI=1S/C17H19NO.C10H22.C8H12/c1-3-12-18-17-10-8-16(9-11-17)15-6-4-14(5-7-15)13(2)19;1-3-5-7-9-10-8-6-4-2;1-2-7(3-1)6-8-4-5-8/h4-11,18H,3,12H2,1-2H3;3-10H2,1-2H3;6,8H,1-5H2. The monoisotopic (exact) mass is 503 g/mol. The van der Waals surface area contributed by atoms with Gasteiger partial charge in [-0.2, -0.15) is 0 Å². The third-order valence-electron chi connectivity index (χ3n) is 7.14. The summed E-state index contributed by atoms with van der Waals surface area (Å²) in [6.07, 6.45) is 22.3. The van der Waals surface area contributed by atoms with Crippen molar-refractivity contribution in [1.29, 1.82) is 0 Å². The second-order valence-corrected chi connectivity index (χ2v) is 10.8. The van der Waals surface area contributed by atoms with Gasteiger partial charge < -0.3 is 5.32 Å². The molecule has 2 aliphatic carbocycles. The summed E-state index contributed by atoms with van der Waals surface area (Å²) in [5.74, 6) is 1.12. The summed E-state index contributed by atoms with van der Waals surface area (Å²) in [7, 11) is 0. The van der Waals surface area contributed by atoms with Gasteiger partial charge in [0, 0.05) is 17.8 Å². The smallest absolute Gasteiger partial charge is 0.159 e. The Labute approximate surface area is 228 Å². The molecule has 0 saturated heterocycles. The van der Waals surface area contributed by atoms with Crippen molar-refractivity contribution in [3.8, 4) is 11.1 Å². The largest absolute Gasteiger partial charge is 0.385 e. The Morgan fingerprint density at radius 3 is 1.68 bits per heavy atom. The average Bonchev–Trinajstić information content (AvgIpc) is 3.73. The van der Waals surface area contributed by atoms with Crippen LogP contribution < -0.4 is 5.32 Å². The van der Waals surface area contributed by atoms with Gasteiger partial charge in [-0.15, -0.1) is 0 Å². The van der Waals surface area contributed by atoms with Crippen molar-refractivity contribution in [2.45, 2.75) is 118 Å². The van der Waals surface area contributed by atoms with E-state index in [2.05, 4.69) is 56.4 Å². The number of hydrogen-bond donors (Lipinski definition) is 1. The van der Waals surface area contributed by atoms with Crippen LogP contribution in [-0.2, 0) is 0 Å². The molecule has 2 nitrogen and oxygen atoms in total. The Balaban J connectivity index is 0.000000222. The van der Waals surface area contributed by atoms with E-state index in [1.807, 2.05) is 24.3 Å². The first-order chi connectivity index (χ1) is 18.1. The topological polar surface area (TPSA) is 29.1 Å². The number of nitrogens with one attached hydrogen (secondary N) is 1. The van der Waals surface area contributed by atoms with Crippen molar-refractivity contribution < 1.29 is 4.79 Å². The first-order valence-electron chi connectivity index (χ1n) is 15.2. The third-order valence-corrected chi connectivity index (χ3v) is 7.14. The number of anilines is 1. The average molecular weight is 504 g/mol. The van der Waals surface area contributed by atoms with Gasteiger partial charge in [-0.05, 0) is 74.6 Å². The second kappa shape index (κ2) is 18.8. The number of rotatable bonds is 13. The van der Waals surface area contributed by atoms with Crippen LogP contribution in [0.2, 0.25) is 0 Å². The van der Waals surface area contributed by atoms with E-state index in [-0.39, 0.29) is 5.78 Å². The number of carbonyl (C=O) groups is 1. The molecule has 0 amide bonds. The molecule has 0 radical (unpaired) electrons. The fourth-order valence-electron chi connectivity index (χ4n) is 4.30. The normalized spacial score (nSPS) is 13.9. The Bertz CT molecular complexity index is 876. The van der Waals surface area contributed by atoms with Crippen LogP contribution in [-0.4, -0.2) is 12.3 Å². The number of allylic oxidation sites excluding steroid dienone is 2. The molecule has 2 saturated carbocycles. The number of benzene rings is 2. The molecule has 0 atom stereocenters. The van der Waals surface area contributed by atoms with Crippen molar-refractivity contribution in [1.82, 2.24) is 0 Å². The lowest BCUT2D eigenvalue weighted by Gasteiger charge is -2.15. The van der Waals surface area contributed by atoms with E-state index in [1.54, 1.807) is 12.5 Å². The van der Waals surface area contributed by atoms with Crippen molar-refractivity contribution >= 4 is 11.5 Å². The van der Waals surface area contributed by atoms with Crippen LogP contribution in [0.25, 0.3) is 11.1 Å². The van der Waals surface area contributed by atoms with Crippen LogP contribution >= 0.6 is 0 Å². The van der Waals surface area contributed by atoms with Gasteiger partial charge >= 0.3 is 0 Å². The SMILES string of the molecule is C(=C1CCC1)C1CC1.CCCCCCCCCC.CCCNc1ccc(-c2ccc(C(C)=O)cc2)cc1. The maximum absolute atomic E-state index is 11.2. The molecule has 4 rings (SSSR count). The summed E-state index contributed by atoms with van der Waals surface area (Å²) in [5, 5.41) is 3.35. The molecule has 0 aliphatic heterocycles. The molecule has 2 aromatic carbocycles. The van der Waals surface area contributed by atoms with Gasteiger partial charge in [0.2, 0.25) is 0 Å². The van der Waals surface area contributed by atoms with E-state index in [4.69, 9.17) is 0 Å². The summed E-state index contributed by atoms with van der Waals surface area (Å²) < 4.78 is 0. The van der Waals surface area contributed by atoms with E-state index in [0.717, 1.165) is 41.3 Å². The number of unbranched alkanes of at least 4 members (excludes halogenated alkanes) is 7. The number of ketones is 1. The molecule has 2 aliphatic rings. The molecular weight excluding hydrogens is 450 g/mol. The summed E-state index contributed by atoms with van der Waals surface area (Å²) in [6.45, 7) is 9.27. The molecule has 37 heavy (non-hydrogen) atoms. The molecule has 2 heteroatoms. The number of Topliss-reactive ketones (excluding diaryl/α,β-unsaturated/α-hetero) is 1. The van der Waals surface area contributed by atoms with Gasteiger partial charge in [0.25, 0.3) is 0 Å². The first kappa shape index (κ1) is 30.9. The predicted molar refractivity (Wildman–Crippen MR) is 164 cm³/mol. The minimum absolute atomic E-state index is 0.102. The lowest BCUT2D eigenvalue weighted by Crippen LogP contribution is -1.98. The summed E-state index contributed by atoms with van der Waals surface area (Å²) in [6, 6.07) is 16.1. The van der Waals surface area contributed by atoms with E-state index in [9.17, 15) is 4.79 Å². The Kier molecular flexibility index (Phi) is 15.7. The van der Waals surface area contributed by atoms with E-state index in [1.165, 1.54) is 83.5 Å². The number of hydrogen-bond acceptors (Lipinski definition) is 2. The molecule has 0 bridgehead atoms. The van der Waals surface area contributed by atoms with Crippen LogP contribution in [0, 0.1) is 5.92 Å². The van der Waals surface area contributed by atoms with Gasteiger partial charge in [0.15, 0.2) is 5.78 Å². The zero-order valence-corrected chi connectivity index (χ0v) is 24.3. The fraction of sp³-hybridized carbons (Fsp3) is 0.571. The van der Waals surface area contributed by atoms with E-state index < -0.39 is 0 Å². The first-order valence-corrected chi connectivity index (χ1v) is 15.2. The summed E-state index contributed by atoms with van der Waals surface area (Å²) >= 11 is 0. The van der Waals surface area contributed by atoms with Crippen molar-refractivity contribution in [2.75, 3.05) is 11.9 Å². The van der Waals surface area contributed by atoms with Crippen molar-refractivity contribution in [2.24, 2.45) is 5.92 Å². The molecular formula is C35H53NO. The highest BCUT2D eigenvalue weighted by Crippen LogP contribution is 2.36. The zero-order valence-electron chi connectivity index (χ0n) is 24.3. The molecule has 0 aromatic heterocycles. The Hall–Kier alpha value is -2.35. The van der Waals surface area contributed by atoms with Gasteiger partial charge in [0.05, 0.1) is 0 Å². The maximum atomic E-state index is 11.2. The molecule has 0 spiro atoms. The summed E-state index contributed by atoms with van der Waals surface area (Å²) in [4.78, 5) is 11.2. The van der Waals surface area contributed by atoms with Crippen LogP contribution in [0.3, 0.4) is 0 Å². The molecule has 2 aromatic rings. The fourth-order valence-corrected chi connectivity index (χ4v) is 4.30. The highest BCUT2D eigenvalue weighted by molar-refractivity contribution is 5.94. The van der Waals surface area contributed by atoms with Gasteiger partial charge in [0.1, 0.15) is 0 Å². The number of carbonyl (C=O) groups excluding carboxylic acids is 1. The highest BCUT2D eigenvalue weighted by atomic mass is 16.1. The van der Waals surface area contributed by atoms with Gasteiger partial charge in [-0.3, -0.25) is 4.79 Å². The van der Waals surface area contributed by atoms with Crippen LogP contribution in [0.5, 0.6) is 0 Å². The molecule has 2 fully saturated rings. The third kappa shape index (κ3) is 13.7. The maximum Gasteiger partial charge on any atom is 0.159 e. The Morgan fingerprint density at radius 1 is 0.757 bits per heavy atom. The Morgan fingerprint density at radius 2 is 1.27 bits per heavy atom. The second-order valence-electron chi connectivity index (χ2n) is 10.8. The van der Waals surface area contributed by atoms with Crippen LogP contribution in [0.15, 0.2) is 60.2 Å². The van der Waals surface area contributed by atoms with Crippen LogP contribution in [0.1, 0.15) is 128 Å². The highest BCUT2D eigenvalue weighted by Gasteiger charge is 2.20. The molecule has 1 N–H and O–H groups in total. The lowest BCUT2D eigenvalue weighted by molar-refractivity contribution is 0.101. The quantitative estimate of drug-likeness (QED) is 0.167. The zero-order chi connectivity index (χ0) is 26.7. The summed E-state index contributed by atoms with van der Waals surface area (Å²) in [5.41, 5.74) is 5.94. The predicted octanol–water partition coefficient (Wildman–Crippen LogP) is 11.0. The molecule has 0 heterocycles. The van der Waals surface area contributed by atoms with Crippen LogP contribution in [0.4, 0.5) is 5.69 Å². The van der Waals surface area contributed by atoms with Crippen molar-refractivity contribution in [3.05, 3.63) is 65.7 Å². The van der Waals surface area contributed by atoms with E-state index >= 15 is 0 Å². The van der Waals surface area contributed by atoms with Gasteiger partial charge in [-0.25, -0.2) is 0 Å². The molecule has 204 valence electrons. The molecule has 0 unspecified atom stereocenters. The van der Waals surface area contributed by atoms with Gasteiger partial charge in [-0.1, -0.05) is 120 Å². The minimum atomic E-state index is 0.102. The minimum Gasteiger partial charge on any atom is -0.385 e. The van der Waals surface area contributed by atoms with Crippen molar-refractivity contribution in [3.63, 3.8) is 0 Å². The lowest BCUT2D eigenvalue weighted by atomic mass is 9.91.